The third-order valence-corrected chi connectivity index (χ3v) is 7.33. The molecule has 3 rings (SSSR count). The number of ketones is 1. The van der Waals surface area contributed by atoms with Crippen molar-refractivity contribution in [3.05, 3.63) is 71.8 Å². The van der Waals surface area contributed by atoms with Gasteiger partial charge in [-0.1, -0.05) is 60.7 Å². The second-order valence-corrected chi connectivity index (χ2v) is 8.53. The number of hydrogen-bond donors (Lipinski definition) is 0. The topological polar surface area (TPSA) is 34.1 Å². The Balaban J connectivity index is 1.95. The van der Waals surface area contributed by atoms with E-state index < -0.39 is 12.8 Å². The first-order chi connectivity index (χ1) is 9.69. The first-order valence-electron chi connectivity index (χ1n) is 6.88. The zero-order valence-electron chi connectivity index (χ0n) is 11.2. The highest BCUT2D eigenvalue weighted by Crippen LogP contribution is 2.66. The summed E-state index contributed by atoms with van der Waals surface area (Å²) in [5, 5.41) is 0. The van der Waals surface area contributed by atoms with Gasteiger partial charge in [0.1, 0.15) is 12.9 Å². The van der Waals surface area contributed by atoms with Gasteiger partial charge < -0.3 is 4.57 Å². The molecule has 2 aromatic carbocycles. The van der Waals surface area contributed by atoms with Gasteiger partial charge in [0.2, 0.25) is 0 Å². The van der Waals surface area contributed by atoms with Gasteiger partial charge in [-0.3, -0.25) is 4.79 Å². The van der Waals surface area contributed by atoms with Crippen molar-refractivity contribution >= 4 is 12.9 Å². The quantitative estimate of drug-likeness (QED) is 0.789. The summed E-state index contributed by atoms with van der Waals surface area (Å²) in [5.74, 6) is 0.135. The molecule has 0 aliphatic carbocycles. The fourth-order valence-corrected chi connectivity index (χ4v) is 6.38. The van der Waals surface area contributed by atoms with E-state index >= 15 is 0 Å². The van der Waals surface area contributed by atoms with E-state index in [0.717, 1.165) is 11.1 Å². The highest BCUT2D eigenvalue weighted by Gasteiger charge is 2.44. The number of Topliss-reactive ketones (excluding diaryl/α,β-unsaturated/α-hetero) is 1. The van der Waals surface area contributed by atoms with Crippen molar-refractivity contribution < 1.29 is 9.36 Å². The second kappa shape index (κ2) is 5.38. The van der Waals surface area contributed by atoms with E-state index in [9.17, 15) is 9.36 Å². The molecule has 2 unspecified atom stereocenters. The van der Waals surface area contributed by atoms with E-state index in [2.05, 4.69) is 0 Å². The second-order valence-electron chi connectivity index (χ2n) is 5.35. The Labute approximate surface area is 119 Å². The van der Waals surface area contributed by atoms with Crippen LogP contribution in [0, 0.1) is 0 Å². The molecule has 2 aromatic rings. The minimum atomic E-state index is -2.53. The van der Waals surface area contributed by atoms with Crippen LogP contribution in [0.25, 0.3) is 0 Å². The molecule has 2 atom stereocenters. The maximum absolute atomic E-state index is 13.3. The Morgan fingerprint density at radius 1 is 0.950 bits per heavy atom. The first kappa shape index (κ1) is 13.3. The van der Waals surface area contributed by atoms with Crippen LogP contribution in [0.3, 0.4) is 0 Å². The van der Waals surface area contributed by atoms with E-state index in [1.54, 1.807) is 0 Å². The molecule has 0 N–H and O–H groups in total. The molecule has 0 spiro atoms. The van der Waals surface area contributed by atoms with Crippen molar-refractivity contribution in [2.45, 2.75) is 18.2 Å². The number of benzene rings is 2. The molecule has 0 radical (unpaired) electrons. The van der Waals surface area contributed by atoms with Crippen LogP contribution in [0.1, 0.15) is 23.2 Å². The summed E-state index contributed by atoms with van der Waals surface area (Å²) in [5.41, 5.74) is 1.57. The highest BCUT2D eigenvalue weighted by molar-refractivity contribution is 7.65. The van der Waals surface area contributed by atoms with Crippen LogP contribution in [0.4, 0.5) is 0 Å². The summed E-state index contributed by atoms with van der Waals surface area (Å²) in [6.07, 6.45) is 1.52. The molecule has 20 heavy (non-hydrogen) atoms. The van der Waals surface area contributed by atoms with Gasteiger partial charge in [0.25, 0.3) is 0 Å². The van der Waals surface area contributed by atoms with Crippen molar-refractivity contribution in [3.63, 3.8) is 0 Å². The molecule has 1 aliphatic rings. The highest BCUT2D eigenvalue weighted by atomic mass is 31.2. The Kier molecular flexibility index (Phi) is 3.58. The molecule has 102 valence electrons. The lowest BCUT2D eigenvalue weighted by molar-refractivity contribution is -0.117. The van der Waals surface area contributed by atoms with Crippen LogP contribution >= 0.6 is 7.14 Å². The van der Waals surface area contributed by atoms with Gasteiger partial charge in [0.15, 0.2) is 0 Å². The largest absolute Gasteiger partial charge is 0.322 e. The van der Waals surface area contributed by atoms with Gasteiger partial charge in [-0.05, 0) is 11.1 Å². The SMILES string of the molecule is O=C1CCP(=O)(Cc2ccccc2)C1c1ccccc1. The molecular weight excluding hydrogens is 267 g/mol. The smallest absolute Gasteiger partial charge is 0.148 e. The van der Waals surface area contributed by atoms with Gasteiger partial charge in [-0.2, -0.15) is 0 Å². The summed E-state index contributed by atoms with van der Waals surface area (Å²) in [4.78, 5) is 12.2. The molecule has 1 aliphatic heterocycles. The predicted molar refractivity (Wildman–Crippen MR) is 81.4 cm³/mol. The maximum Gasteiger partial charge on any atom is 0.148 e. The molecule has 1 heterocycles. The van der Waals surface area contributed by atoms with E-state index in [1.807, 2.05) is 60.7 Å². The van der Waals surface area contributed by atoms with Gasteiger partial charge in [0.05, 0.1) is 5.66 Å². The summed E-state index contributed by atoms with van der Waals surface area (Å²) >= 11 is 0. The zero-order valence-corrected chi connectivity index (χ0v) is 12.1. The number of rotatable bonds is 3. The molecule has 1 saturated heterocycles. The standard InChI is InChI=1S/C17H17O2P/c18-16-11-12-20(19,13-14-7-3-1-4-8-14)17(16)15-9-5-2-6-10-15/h1-10,17H,11-13H2. The van der Waals surface area contributed by atoms with E-state index in [1.165, 1.54) is 0 Å². The van der Waals surface area contributed by atoms with Crippen LogP contribution in [0.5, 0.6) is 0 Å². The van der Waals surface area contributed by atoms with Crippen molar-refractivity contribution in [1.29, 1.82) is 0 Å². The number of carbonyl (C=O) groups excluding carboxylic acids is 1. The fourth-order valence-electron chi connectivity index (χ4n) is 2.98. The van der Waals surface area contributed by atoms with Gasteiger partial charge in [-0.15, -0.1) is 0 Å². The molecule has 2 nitrogen and oxygen atoms in total. The van der Waals surface area contributed by atoms with E-state index in [4.69, 9.17) is 0 Å². The predicted octanol–water partition coefficient (Wildman–Crippen LogP) is 4.26. The van der Waals surface area contributed by atoms with Crippen LogP contribution in [-0.4, -0.2) is 11.9 Å². The average Bonchev–Trinajstić information content (AvgIpc) is 2.76. The molecule has 3 heteroatoms. The molecule has 1 fully saturated rings. The Bertz CT molecular complexity index is 649. The normalized spacial score (nSPS) is 25.8. The Morgan fingerprint density at radius 2 is 1.55 bits per heavy atom. The Morgan fingerprint density at radius 3 is 2.20 bits per heavy atom. The van der Waals surface area contributed by atoms with Gasteiger partial charge >= 0.3 is 0 Å². The number of hydrogen-bond acceptors (Lipinski definition) is 2. The van der Waals surface area contributed by atoms with Crippen molar-refractivity contribution in [3.8, 4) is 0 Å². The molecule has 0 saturated carbocycles. The van der Waals surface area contributed by atoms with Gasteiger partial charge in [-0.25, -0.2) is 0 Å². The summed E-state index contributed by atoms with van der Waals surface area (Å²) in [6.45, 7) is 0. The summed E-state index contributed by atoms with van der Waals surface area (Å²) < 4.78 is 13.3. The van der Waals surface area contributed by atoms with Crippen LogP contribution in [-0.2, 0) is 15.5 Å². The lowest BCUT2D eigenvalue weighted by atomic mass is 10.1. The molecule has 0 bridgehead atoms. The third kappa shape index (κ3) is 2.48. The zero-order chi connectivity index (χ0) is 14.0. The van der Waals surface area contributed by atoms with Gasteiger partial charge in [0, 0.05) is 18.7 Å². The Hall–Kier alpha value is -1.66. The van der Waals surface area contributed by atoms with E-state index in [0.29, 0.717) is 18.7 Å². The lowest BCUT2D eigenvalue weighted by Crippen LogP contribution is -2.05. The maximum atomic E-state index is 13.3. The minimum absolute atomic E-state index is 0.135. The molecule has 0 aromatic heterocycles. The summed E-state index contributed by atoms with van der Waals surface area (Å²) in [7, 11) is -2.53. The van der Waals surface area contributed by atoms with Crippen LogP contribution in [0.2, 0.25) is 0 Å². The number of carbonyl (C=O) groups is 1. The molecular formula is C17H17O2P. The first-order valence-corrected chi connectivity index (χ1v) is 9.03. The third-order valence-electron chi connectivity index (χ3n) is 3.92. The molecule has 0 amide bonds. The monoisotopic (exact) mass is 284 g/mol. The fraction of sp³-hybridized carbons (Fsp3) is 0.235. The van der Waals surface area contributed by atoms with Crippen molar-refractivity contribution in [2.75, 3.05) is 6.16 Å². The van der Waals surface area contributed by atoms with Crippen molar-refractivity contribution in [1.82, 2.24) is 0 Å². The lowest BCUT2D eigenvalue weighted by Gasteiger charge is -2.20. The van der Waals surface area contributed by atoms with Crippen LogP contribution in [0.15, 0.2) is 60.7 Å². The van der Waals surface area contributed by atoms with Crippen LogP contribution < -0.4 is 0 Å². The van der Waals surface area contributed by atoms with Crippen molar-refractivity contribution in [2.24, 2.45) is 0 Å². The average molecular weight is 284 g/mol. The summed E-state index contributed by atoms with van der Waals surface area (Å²) in [6, 6.07) is 19.4. The minimum Gasteiger partial charge on any atom is -0.322 e. The van der Waals surface area contributed by atoms with E-state index in [-0.39, 0.29) is 5.78 Å².